The molecule has 1 aliphatic rings. The molecule has 3 N–H and O–H groups in total. The molecule has 0 saturated heterocycles. The number of hydrogen-bond acceptors (Lipinski definition) is 5. The zero-order valence-electron chi connectivity index (χ0n) is 15.5. The average molecular weight is 456 g/mol. The Morgan fingerprint density at radius 2 is 2.03 bits per heavy atom. The van der Waals surface area contributed by atoms with Crippen LogP contribution in [0.15, 0.2) is 53.0 Å². The maximum Gasteiger partial charge on any atom is 0.291 e. The van der Waals surface area contributed by atoms with Crippen LogP contribution in [0.25, 0.3) is 0 Å². The molecular weight excluding hydrogens is 438 g/mol. The second-order valence-corrected chi connectivity index (χ2v) is 7.59. The Kier molecular flexibility index (Phi) is 5.30. The summed E-state index contributed by atoms with van der Waals surface area (Å²) in [5.41, 5.74) is 1.58. The van der Waals surface area contributed by atoms with Gasteiger partial charge in [-0.2, -0.15) is 0 Å². The molecule has 0 saturated carbocycles. The number of carbonyl (C=O) groups excluding carboxylic acids is 2. The van der Waals surface area contributed by atoms with Gasteiger partial charge in [0.25, 0.3) is 11.8 Å². The summed E-state index contributed by atoms with van der Waals surface area (Å²) >= 11 is 3.37. The van der Waals surface area contributed by atoms with Crippen molar-refractivity contribution in [1.29, 1.82) is 0 Å². The Bertz CT molecular complexity index is 1050. The lowest BCUT2D eigenvalue weighted by Gasteiger charge is -2.20. The molecule has 0 aliphatic carbocycles. The Morgan fingerprint density at radius 3 is 2.83 bits per heavy atom. The topological polar surface area (TPSA) is 109 Å². The van der Waals surface area contributed by atoms with Crippen molar-refractivity contribution in [3.8, 4) is 5.75 Å². The van der Waals surface area contributed by atoms with Gasteiger partial charge in [0.1, 0.15) is 23.7 Å². The summed E-state index contributed by atoms with van der Waals surface area (Å²) in [5, 5.41) is 12.2. The number of halogens is 1. The molecule has 2 atom stereocenters. The van der Waals surface area contributed by atoms with Gasteiger partial charge in [-0.25, -0.2) is 4.98 Å². The Labute approximate surface area is 175 Å². The molecule has 2 aromatic carbocycles. The highest BCUT2D eigenvalue weighted by Crippen LogP contribution is 2.31. The lowest BCUT2D eigenvalue weighted by Crippen LogP contribution is -2.51. The lowest BCUT2D eigenvalue weighted by atomic mass is 10.1. The van der Waals surface area contributed by atoms with Crippen LogP contribution >= 0.6 is 15.9 Å². The first-order chi connectivity index (χ1) is 14.0. The minimum absolute atomic E-state index is 0.0274. The summed E-state index contributed by atoms with van der Waals surface area (Å²) in [4.78, 5) is 29.5. The van der Waals surface area contributed by atoms with Crippen LogP contribution in [0.5, 0.6) is 5.75 Å². The van der Waals surface area contributed by atoms with Gasteiger partial charge in [-0.15, -0.1) is 5.10 Å². The third kappa shape index (κ3) is 4.29. The van der Waals surface area contributed by atoms with Crippen molar-refractivity contribution < 1.29 is 14.3 Å². The molecule has 2 amide bonds. The third-order valence-electron chi connectivity index (χ3n) is 4.50. The van der Waals surface area contributed by atoms with Gasteiger partial charge in [0.15, 0.2) is 0 Å². The van der Waals surface area contributed by atoms with Crippen LogP contribution in [0.2, 0.25) is 0 Å². The van der Waals surface area contributed by atoms with Crippen molar-refractivity contribution in [2.45, 2.75) is 25.5 Å². The largest absolute Gasteiger partial charge is 0.486 e. The van der Waals surface area contributed by atoms with Crippen LogP contribution in [0, 0.1) is 0 Å². The first-order valence-electron chi connectivity index (χ1n) is 9.03. The molecule has 0 unspecified atom stereocenters. The van der Waals surface area contributed by atoms with Crippen LogP contribution < -0.4 is 15.4 Å². The van der Waals surface area contributed by atoms with Gasteiger partial charge in [-0.3, -0.25) is 14.7 Å². The predicted octanol–water partition coefficient (Wildman–Crippen LogP) is 2.68. The molecule has 29 heavy (non-hydrogen) atoms. The molecule has 2 heterocycles. The van der Waals surface area contributed by atoms with E-state index < -0.39 is 18.1 Å². The standard InChI is InChI=1S/C20H18BrN5O3/c1-11-17(19(27)22-14-10-13(21)7-8-15(14)29-11)24-20(28)18-23-16(25-26-18)9-12-5-3-2-4-6-12/h2-8,10-11,17H,9H2,1H3,(H,22,27)(H,24,28)(H,23,25,26)/t11-,17+/m1/s1. The Hall–Kier alpha value is -3.20. The first-order valence-corrected chi connectivity index (χ1v) is 9.82. The van der Waals surface area contributed by atoms with Crippen molar-refractivity contribution in [2.75, 3.05) is 5.32 Å². The molecule has 0 bridgehead atoms. The van der Waals surface area contributed by atoms with Crippen LogP contribution in [-0.2, 0) is 11.2 Å². The van der Waals surface area contributed by atoms with Crippen LogP contribution in [-0.4, -0.2) is 39.1 Å². The molecule has 4 rings (SSSR count). The Balaban J connectivity index is 1.46. The lowest BCUT2D eigenvalue weighted by molar-refractivity contribution is -0.119. The quantitative estimate of drug-likeness (QED) is 0.560. The van der Waals surface area contributed by atoms with Crippen LogP contribution in [0.3, 0.4) is 0 Å². The molecule has 0 fully saturated rings. The molecule has 0 spiro atoms. The summed E-state index contributed by atoms with van der Waals surface area (Å²) in [5.74, 6) is 0.147. The van der Waals surface area contributed by atoms with Gasteiger partial charge in [0, 0.05) is 10.9 Å². The maximum absolute atomic E-state index is 12.6. The van der Waals surface area contributed by atoms with E-state index >= 15 is 0 Å². The number of H-pyrrole nitrogens is 1. The van der Waals surface area contributed by atoms with Gasteiger partial charge in [0.05, 0.1) is 5.69 Å². The van der Waals surface area contributed by atoms with E-state index in [9.17, 15) is 9.59 Å². The van der Waals surface area contributed by atoms with Gasteiger partial charge in [-0.05, 0) is 30.7 Å². The molecule has 3 aromatic rings. The van der Waals surface area contributed by atoms with E-state index in [-0.39, 0.29) is 11.7 Å². The van der Waals surface area contributed by atoms with Crippen molar-refractivity contribution in [1.82, 2.24) is 20.5 Å². The maximum atomic E-state index is 12.6. The normalized spacial score (nSPS) is 18.2. The number of benzene rings is 2. The van der Waals surface area contributed by atoms with E-state index in [0.717, 1.165) is 10.0 Å². The van der Waals surface area contributed by atoms with Gasteiger partial charge >= 0.3 is 0 Å². The fraction of sp³-hybridized carbons (Fsp3) is 0.200. The summed E-state index contributed by atoms with van der Waals surface area (Å²) in [6.07, 6.45) is -0.0570. The fourth-order valence-corrected chi connectivity index (χ4v) is 3.41. The van der Waals surface area contributed by atoms with Crippen molar-refractivity contribution in [3.63, 3.8) is 0 Å². The van der Waals surface area contributed by atoms with E-state index in [0.29, 0.717) is 23.7 Å². The number of anilines is 1. The van der Waals surface area contributed by atoms with Crippen molar-refractivity contribution in [2.24, 2.45) is 0 Å². The number of hydrogen-bond donors (Lipinski definition) is 3. The minimum atomic E-state index is -0.898. The van der Waals surface area contributed by atoms with Crippen LogP contribution in [0.4, 0.5) is 5.69 Å². The van der Waals surface area contributed by atoms with E-state index in [4.69, 9.17) is 4.74 Å². The number of ether oxygens (including phenoxy) is 1. The number of nitrogens with one attached hydrogen (secondary N) is 3. The fourth-order valence-electron chi connectivity index (χ4n) is 3.05. The summed E-state index contributed by atoms with van der Waals surface area (Å²) in [6, 6.07) is 14.1. The van der Waals surface area contributed by atoms with Gasteiger partial charge < -0.3 is 15.4 Å². The number of carbonyl (C=O) groups is 2. The van der Waals surface area contributed by atoms with Crippen molar-refractivity contribution in [3.05, 3.63) is 70.2 Å². The zero-order chi connectivity index (χ0) is 20.4. The smallest absolute Gasteiger partial charge is 0.291 e. The number of amides is 2. The molecule has 1 aromatic heterocycles. The van der Waals surface area contributed by atoms with Crippen molar-refractivity contribution >= 4 is 33.4 Å². The number of fused-ring (bicyclic) bond motifs is 1. The average Bonchev–Trinajstić information content (AvgIpc) is 3.13. The number of rotatable bonds is 4. The summed E-state index contributed by atoms with van der Waals surface area (Å²) in [7, 11) is 0. The molecule has 8 nitrogen and oxygen atoms in total. The zero-order valence-corrected chi connectivity index (χ0v) is 17.1. The second-order valence-electron chi connectivity index (χ2n) is 6.67. The molecule has 9 heteroatoms. The van der Waals surface area contributed by atoms with E-state index in [1.165, 1.54) is 0 Å². The number of aromatic nitrogens is 3. The third-order valence-corrected chi connectivity index (χ3v) is 4.99. The minimum Gasteiger partial charge on any atom is -0.486 e. The molecule has 1 aliphatic heterocycles. The predicted molar refractivity (Wildman–Crippen MR) is 110 cm³/mol. The molecule has 0 radical (unpaired) electrons. The summed E-state index contributed by atoms with van der Waals surface area (Å²) < 4.78 is 6.66. The monoisotopic (exact) mass is 455 g/mol. The van der Waals surface area contributed by atoms with E-state index in [1.54, 1.807) is 19.1 Å². The Morgan fingerprint density at radius 1 is 1.24 bits per heavy atom. The first kappa shape index (κ1) is 19.1. The number of aromatic amines is 1. The van der Waals surface area contributed by atoms with Gasteiger partial charge in [0.2, 0.25) is 5.82 Å². The highest BCUT2D eigenvalue weighted by atomic mass is 79.9. The van der Waals surface area contributed by atoms with Crippen LogP contribution in [0.1, 0.15) is 28.9 Å². The number of nitrogens with zero attached hydrogens (tertiary/aromatic N) is 2. The highest BCUT2D eigenvalue weighted by Gasteiger charge is 2.33. The van der Waals surface area contributed by atoms with Gasteiger partial charge in [-0.1, -0.05) is 46.3 Å². The molecule has 148 valence electrons. The van der Waals surface area contributed by atoms with E-state index in [2.05, 4.69) is 41.7 Å². The molecular formula is C20H18BrN5O3. The van der Waals surface area contributed by atoms with E-state index in [1.807, 2.05) is 36.4 Å². The second kappa shape index (κ2) is 8.04. The SMILES string of the molecule is C[C@H]1Oc2ccc(Br)cc2NC(=O)[C@H]1NC(=O)c1n[nH]c(Cc2ccccc2)n1. The summed E-state index contributed by atoms with van der Waals surface area (Å²) in [6.45, 7) is 1.72. The highest BCUT2D eigenvalue weighted by molar-refractivity contribution is 9.10.